The van der Waals surface area contributed by atoms with E-state index >= 15 is 0 Å². The van der Waals surface area contributed by atoms with Gasteiger partial charge in [0.1, 0.15) is 0 Å². The molecule has 1 atom stereocenters. The lowest BCUT2D eigenvalue weighted by Gasteiger charge is -2.30. The van der Waals surface area contributed by atoms with Crippen molar-refractivity contribution in [2.24, 2.45) is 11.3 Å². The minimum absolute atomic E-state index is 0.285. The lowest BCUT2D eigenvalue weighted by atomic mass is 9.82. The zero-order valence-electron chi connectivity index (χ0n) is 8.11. The Balaban J connectivity index is 2.28. The van der Waals surface area contributed by atoms with Crippen LogP contribution in [0.3, 0.4) is 0 Å². The molecule has 1 saturated heterocycles. The molecule has 1 unspecified atom stereocenters. The van der Waals surface area contributed by atoms with Gasteiger partial charge in [0, 0.05) is 19.1 Å². The SMILES string of the molecule is CC(C)(CCl)CC1CCCOC1. The molecular weight excluding hydrogens is 172 g/mol. The van der Waals surface area contributed by atoms with Gasteiger partial charge in [-0.05, 0) is 30.6 Å². The van der Waals surface area contributed by atoms with Crippen LogP contribution in [-0.4, -0.2) is 19.1 Å². The van der Waals surface area contributed by atoms with E-state index in [-0.39, 0.29) is 5.41 Å². The van der Waals surface area contributed by atoms with Crippen LogP contribution in [0.1, 0.15) is 33.1 Å². The molecule has 1 aliphatic heterocycles. The molecule has 0 aromatic heterocycles. The summed E-state index contributed by atoms with van der Waals surface area (Å²) in [5.41, 5.74) is 0.285. The Hall–Kier alpha value is 0.250. The third kappa shape index (κ3) is 3.32. The highest BCUT2D eigenvalue weighted by Crippen LogP contribution is 2.30. The zero-order valence-corrected chi connectivity index (χ0v) is 8.86. The van der Waals surface area contributed by atoms with Crippen molar-refractivity contribution in [1.82, 2.24) is 0 Å². The van der Waals surface area contributed by atoms with Crippen LogP contribution in [0.4, 0.5) is 0 Å². The molecule has 0 saturated carbocycles. The maximum Gasteiger partial charge on any atom is 0.0494 e. The molecule has 0 aromatic carbocycles. The first-order valence-electron chi connectivity index (χ1n) is 4.78. The zero-order chi connectivity index (χ0) is 9.03. The molecule has 1 fully saturated rings. The van der Waals surface area contributed by atoms with Gasteiger partial charge in [0.25, 0.3) is 0 Å². The van der Waals surface area contributed by atoms with Crippen LogP contribution in [-0.2, 0) is 4.74 Å². The molecule has 1 nitrogen and oxygen atoms in total. The van der Waals surface area contributed by atoms with E-state index in [1.54, 1.807) is 0 Å². The van der Waals surface area contributed by atoms with E-state index < -0.39 is 0 Å². The minimum atomic E-state index is 0.285. The van der Waals surface area contributed by atoms with Gasteiger partial charge in [0.2, 0.25) is 0 Å². The Morgan fingerprint density at radius 1 is 1.50 bits per heavy atom. The van der Waals surface area contributed by atoms with Crippen molar-refractivity contribution in [1.29, 1.82) is 0 Å². The fourth-order valence-electron chi connectivity index (χ4n) is 1.80. The van der Waals surface area contributed by atoms with Gasteiger partial charge in [-0.1, -0.05) is 13.8 Å². The van der Waals surface area contributed by atoms with Crippen LogP contribution in [0.5, 0.6) is 0 Å². The minimum Gasteiger partial charge on any atom is -0.381 e. The Kier molecular flexibility index (Phi) is 3.85. The first-order valence-corrected chi connectivity index (χ1v) is 5.31. The van der Waals surface area contributed by atoms with Crippen molar-refractivity contribution in [3.8, 4) is 0 Å². The van der Waals surface area contributed by atoms with E-state index in [9.17, 15) is 0 Å². The lowest BCUT2D eigenvalue weighted by molar-refractivity contribution is 0.0391. The van der Waals surface area contributed by atoms with Crippen molar-refractivity contribution in [2.75, 3.05) is 19.1 Å². The lowest BCUT2D eigenvalue weighted by Crippen LogP contribution is -2.25. The van der Waals surface area contributed by atoms with Crippen LogP contribution in [0, 0.1) is 11.3 Å². The van der Waals surface area contributed by atoms with Crippen molar-refractivity contribution in [2.45, 2.75) is 33.1 Å². The molecule has 1 aliphatic rings. The second-order valence-electron chi connectivity index (χ2n) is 4.59. The van der Waals surface area contributed by atoms with Gasteiger partial charge in [0.05, 0.1) is 0 Å². The number of alkyl halides is 1. The van der Waals surface area contributed by atoms with Crippen LogP contribution in [0.25, 0.3) is 0 Å². The standard InChI is InChI=1S/C10H19ClO/c1-10(2,8-11)6-9-4-3-5-12-7-9/h9H,3-8H2,1-2H3. The molecule has 0 aromatic rings. The van der Waals surface area contributed by atoms with E-state index in [0.29, 0.717) is 0 Å². The first-order chi connectivity index (χ1) is 5.64. The van der Waals surface area contributed by atoms with Crippen LogP contribution in [0.15, 0.2) is 0 Å². The summed E-state index contributed by atoms with van der Waals surface area (Å²) in [6.07, 6.45) is 3.75. The molecule has 1 rings (SSSR count). The highest BCUT2D eigenvalue weighted by molar-refractivity contribution is 6.18. The van der Waals surface area contributed by atoms with Crippen molar-refractivity contribution < 1.29 is 4.74 Å². The number of hydrogen-bond donors (Lipinski definition) is 0. The van der Waals surface area contributed by atoms with Crippen molar-refractivity contribution >= 4 is 11.6 Å². The summed E-state index contributed by atoms with van der Waals surface area (Å²) in [6, 6.07) is 0. The van der Waals surface area contributed by atoms with Crippen molar-refractivity contribution in [3.63, 3.8) is 0 Å². The van der Waals surface area contributed by atoms with Crippen molar-refractivity contribution in [3.05, 3.63) is 0 Å². The summed E-state index contributed by atoms with van der Waals surface area (Å²) in [5.74, 6) is 1.50. The molecule has 2 heteroatoms. The predicted octanol–water partition coefficient (Wildman–Crippen LogP) is 3.07. The number of hydrogen-bond acceptors (Lipinski definition) is 1. The second kappa shape index (κ2) is 4.48. The molecule has 0 aliphatic carbocycles. The van der Waals surface area contributed by atoms with Gasteiger partial charge in [-0.15, -0.1) is 11.6 Å². The van der Waals surface area contributed by atoms with Gasteiger partial charge in [0.15, 0.2) is 0 Å². The summed E-state index contributed by atoms with van der Waals surface area (Å²) >= 11 is 5.87. The van der Waals surface area contributed by atoms with Crippen LogP contribution in [0.2, 0.25) is 0 Å². The van der Waals surface area contributed by atoms with E-state index in [0.717, 1.165) is 25.0 Å². The average molecular weight is 191 g/mol. The molecule has 0 bridgehead atoms. The summed E-state index contributed by atoms with van der Waals surface area (Å²) < 4.78 is 5.43. The Morgan fingerprint density at radius 3 is 2.75 bits per heavy atom. The molecule has 72 valence electrons. The number of halogens is 1. The molecule has 0 amide bonds. The molecular formula is C10H19ClO. The van der Waals surface area contributed by atoms with Crippen LogP contribution >= 0.6 is 11.6 Å². The monoisotopic (exact) mass is 190 g/mol. The first kappa shape index (κ1) is 10.3. The Bertz CT molecular complexity index is 128. The fraction of sp³-hybridized carbons (Fsp3) is 1.00. The maximum atomic E-state index is 5.87. The molecule has 0 radical (unpaired) electrons. The molecule has 0 spiro atoms. The van der Waals surface area contributed by atoms with Gasteiger partial charge < -0.3 is 4.74 Å². The number of rotatable bonds is 3. The Morgan fingerprint density at radius 2 is 2.25 bits per heavy atom. The van der Waals surface area contributed by atoms with Gasteiger partial charge in [-0.25, -0.2) is 0 Å². The van der Waals surface area contributed by atoms with Crippen LogP contribution < -0.4 is 0 Å². The highest BCUT2D eigenvalue weighted by Gasteiger charge is 2.23. The largest absolute Gasteiger partial charge is 0.381 e. The van der Waals surface area contributed by atoms with Gasteiger partial charge >= 0.3 is 0 Å². The third-order valence-corrected chi connectivity index (χ3v) is 3.18. The van der Waals surface area contributed by atoms with E-state index in [2.05, 4.69) is 13.8 Å². The van der Waals surface area contributed by atoms with E-state index in [1.807, 2.05) is 0 Å². The fourth-order valence-corrected chi connectivity index (χ4v) is 1.91. The molecule has 0 N–H and O–H groups in total. The maximum absolute atomic E-state index is 5.87. The second-order valence-corrected chi connectivity index (χ2v) is 4.85. The predicted molar refractivity (Wildman–Crippen MR) is 52.7 cm³/mol. The van der Waals surface area contributed by atoms with E-state index in [4.69, 9.17) is 16.3 Å². The van der Waals surface area contributed by atoms with Gasteiger partial charge in [-0.2, -0.15) is 0 Å². The Labute approximate surface area is 80.4 Å². The summed E-state index contributed by atoms with van der Waals surface area (Å²) in [6.45, 7) is 6.36. The smallest absolute Gasteiger partial charge is 0.0494 e. The third-order valence-electron chi connectivity index (χ3n) is 2.46. The average Bonchev–Trinajstić information content (AvgIpc) is 2.06. The topological polar surface area (TPSA) is 9.23 Å². The highest BCUT2D eigenvalue weighted by atomic mass is 35.5. The molecule has 12 heavy (non-hydrogen) atoms. The molecule has 1 heterocycles. The normalized spacial score (nSPS) is 25.8. The van der Waals surface area contributed by atoms with E-state index in [1.165, 1.54) is 19.3 Å². The summed E-state index contributed by atoms with van der Waals surface area (Å²) in [5, 5.41) is 0. The quantitative estimate of drug-likeness (QED) is 0.622. The summed E-state index contributed by atoms with van der Waals surface area (Å²) in [4.78, 5) is 0. The number of ether oxygens (including phenoxy) is 1. The summed E-state index contributed by atoms with van der Waals surface area (Å²) in [7, 11) is 0. The van der Waals surface area contributed by atoms with Gasteiger partial charge in [-0.3, -0.25) is 0 Å².